The molecule has 1 N–H and O–H groups in total. The first-order chi connectivity index (χ1) is 14.0. The Balaban J connectivity index is 1.50. The summed E-state index contributed by atoms with van der Waals surface area (Å²) in [6.45, 7) is 0.938. The molecule has 1 unspecified atom stereocenters. The van der Waals surface area contributed by atoms with Crippen LogP contribution in [0.1, 0.15) is 45.5 Å². The summed E-state index contributed by atoms with van der Waals surface area (Å²) in [7, 11) is 0. The lowest BCUT2D eigenvalue weighted by Crippen LogP contribution is -2.39. The molecule has 3 aromatic rings. The van der Waals surface area contributed by atoms with Crippen LogP contribution in [0.3, 0.4) is 0 Å². The van der Waals surface area contributed by atoms with Gasteiger partial charge >= 0.3 is 5.97 Å². The third kappa shape index (κ3) is 3.98. The largest absolute Gasteiger partial charge is 0.477 e. The lowest BCUT2D eigenvalue weighted by molar-refractivity contribution is 0.0690. The molecule has 1 aliphatic heterocycles. The van der Waals surface area contributed by atoms with E-state index in [2.05, 4.69) is 15.1 Å². The van der Waals surface area contributed by atoms with E-state index in [9.17, 15) is 14.0 Å². The Morgan fingerprint density at radius 3 is 2.76 bits per heavy atom. The number of carbonyl (C=O) groups is 2. The fraction of sp³-hybridized carbons (Fsp3) is 0.250. The maximum atomic E-state index is 13.1. The summed E-state index contributed by atoms with van der Waals surface area (Å²) in [6.07, 6.45) is 2.85. The minimum absolute atomic E-state index is 0.129. The summed E-state index contributed by atoms with van der Waals surface area (Å²) in [5, 5.41) is 13.0. The number of carbonyl (C=O) groups excluding carboxylic acids is 1. The predicted molar refractivity (Wildman–Crippen MR) is 98.8 cm³/mol. The normalized spacial score (nSPS) is 16.6. The van der Waals surface area contributed by atoms with E-state index in [4.69, 9.17) is 9.63 Å². The van der Waals surface area contributed by atoms with Crippen molar-refractivity contribution >= 4 is 11.9 Å². The molecule has 8 nitrogen and oxygen atoms in total. The molecule has 148 valence electrons. The van der Waals surface area contributed by atoms with Crippen molar-refractivity contribution in [1.82, 2.24) is 20.0 Å². The van der Waals surface area contributed by atoms with Crippen molar-refractivity contribution in [1.29, 1.82) is 0 Å². The first-order valence-electron chi connectivity index (χ1n) is 9.09. The number of rotatable bonds is 4. The van der Waals surface area contributed by atoms with Crippen LogP contribution in [0.4, 0.5) is 4.39 Å². The van der Waals surface area contributed by atoms with Crippen LogP contribution in [0.25, 0.3) is 11.4 Å². The number of piperidine rings is 1. The Hall–Kier alpha value is -3.62. The van der Waals surface area contributed by atoms with Crippen LogP contribution in [0.5, 0.6) is 0 Å². The van der Waals surface area contributed by atoms with E-state index in [1.165, 1.54) is 30.5 Å². The molecular formula is C20H17FN4O4. The van der Waals surface area contributed by atoms with Gasteiger partial charge in [-0.2, -0.15) is 4.98 Å². The van der Waals surface area contributed by atoms with E-state index in [-0.39, 0.29) is 28.9 Å². The van der Waals surface area contributed by atoms with Crippen LogP contribution < -0.4 is 0 Å². The molecule has 0 saturated carbocycles. The minimum Gasteiger partial charge on any atom is -0.477 e. The van der Waals surface area contributed by atoms with E-state index in [0.717, 1.165) is 12.8 Å². The predicted octanol–water partition coefficient (Wildman–Crippen LogP) is 2.99. The first-order valence-corrected chi connectivity index (χ1v) is 9.09. The number of aromatic nitrogens is 3. The number of halogens is 1. The number of hydrogen-bond donors (Lipinski definition) is 1. The summed E-state index contributed by atoms with van der Waals surface area (Å²) in [5.74, 6) is -1.14. The van der Waals surface area contributed by atoms with Gasteiger partial charge in [0.1, 0.15) is 11.5 Å². The van der Waals surface area contributed by atoms with Crippen molar-refractivity contribution in [2.24, 2.45) is 0 Å². The Morgan fingerprint density at radius 2 is 2.00 bits per heavy atom. The quantitative estimate of drug-likeness (QED) is 0.722. The molecule has 0 spiro atoms. The second-order valence-corrected chi connectivity index (χ2v) is 6.79. The average molecular weight is 396 g/mol. The van der Waals surface area contributed by atoms with Crippen molar-refractivity contribution in [3.8, 4) is 11.4 Å². The monoisotopic (exact) mass is 396 g/mol. The van der Waals surface area contributed by atoms with Crippen molar-refractivity contribution in [3.63, 3.8) is 0 Å². The molecule has 2 aromatic heterocycles. The molecule has 1 aliphatic rings. The van der Waals surface area contributed by atoms with Gasteiger partial charge in [0, 0.05) is 30.4 Å². The highest BCUT2D eigenvalue weighted by atomic mass is 19.1. The molecule has 0 bridgehead atoms. The molecule has 29 heavy (non-hydrogen) atoms. The number of nitrogens with zero attached hydrogens (tertiary/aromatic N) is 4. The van der Waals surface area contributed by atoms with Gasteiger partial charge in [0.25, 0.3) is 5.91 Å². The fourth-order valence-electron chi connectivity index (χ4n) is 3.34. The second kappa shape index (κ2) is 7.78. The lowest BCUT2D eigenvalue weighted by Gasteiger charge is -2.31. The number of amides is 1. The number of likely N-dealkylation sites (tertiary alicyclic amines) is 1. The summed E-state index contributed by atoms with van der Waals surface area (Å²) in [5.41, 5.74) is 0.740. The zero-order valence-corrected chi connectivity index (χ0v) is 15.3. The minimum atomic E-state index is -1.18. The zero-order valence-electron chi connectivity index (χ0n) is 15.3. The number of carboxylic acids is 1. The standard InChI is InChI=1S/C20H17FN4O4/c21-15-5-3-12(4-6-15)17-23-18(29-24-17)14-2-1-9-25(11-14)19(26)13-7-8-22-16(10-13)20(27)28/h3-8,10,14H,1-2,9,11H2,(H,27,28). The number of carboxylic acid groups (broad SMARTS) is 1. The summed E-state index contributed by atoms with van der Waals surface area (Å²) in [4.78, 5) is 33.7. The molecule has 0 aliphatic carbocycles. The molecule has 0 radical (unpaired) electrons. The van der Waals surface area contributed by atoms with Crippen LogP contribution in [-0.2, 0) is 0 Å². The van der Waals surface area contributed by atoms with Gasteiger partial charge in [0.05, 0.1) is 5.92 Å². The average Bonchev–Trinajstić information content (AvgIpc) is 3.24. The van der Waals surface area contributed by atoms with Gasteiger partial charge in [-0.15, -0.1) is 0 Å². The van der Waals surface area contributed by atoms with Crippen molar-refractivity contribution in [3.05, 3.63) is 65.6 Å². The summed E-state index contributed by atoms with van der Waals surface area (Å²) in [6, 6.07) is 8.57. The number of benzene rings is 1. The van der Waals surface area contributed by atoms with Crippen LogP contribution in [0.15, 0.2) is 47.1 Å². The highest BCUT2D eigenvalue weighted by Gasteiger charge is 2.29. The molecule has 1 amide bonds. The molecule has 3 heterocycles. The van der Waals surface area contributed by atoms with Gasteiger partial charge in [-0.05, 0) is 49.2 Å². The van der Waals surface area contributed by atoms with Crippen molar-refractivity contribution < 1.29 is 23.6 Å². The Kier molecular flexibility index (Phi) is 5.03. The number of hydrogen-bond acceptors (Lipinski definition) is 6. The lowest BCUT2D eigenvalue weighted by atomic mass is 9.97. The van der Waals surface area contributed by atoms with E-state index < -0.39 is 5.97 Å². The van der Waals surface area contributed by atoms with Crippen LogP contribution in [0.2, 0.25) is 0 Å². The van der Waals surface area contributed by atoms with Gasteiger partial charge in [0.2, 0.25) is 11.7 Å². The van der Waals surface area contributed by atoms with E-state index in [1.54, 1.807) is 17.0 Å². The number of pyridine rings is 1. The fourth-order valence-corrected chi connectivity index (χ4v) is 3.34. The smallest absolute Gasteiger partial charge is 0.354 e. The van der Waals surface area contributed by atoms with Crippen LogP contribution >= 0.6 is 0 Å². The molecule has 9 heteroatoms. The highest BCUT2D eigenvalue weighted by molar-refractivity contribution is 5.96. The maximum absolute atomic E-state index is 13.1. The molecular weight excluding hydrogens is 379 g/mol. The van der Waals surface area contributed by atoms with E-state index in [1.807, 2.05) is 0 Å². The van der Waals surface area contributed by atoms with Gasteiger partial charge in [-0.1, -0.05) is 5.16 Å². The van der Waals surface area contributed by atoms with Gasteiger partial charge in [0.15, 0.2) is 0 Å². The maximum Gasteiger partial charge on any atom is 0.354 e. The third-order valence-corrected chi connectivity index (χ3v) is 4.83. The van der Waals surface area contributed by atoms with Gasteiger partial charge < -0.3 is 14.5 Å². The van der Waals surface area contributed by atoms with E-state index >= 15 is 0 Å². The molecule has 4 rings (SSSR count). The van der Waals surface area contributed by atoms with Crippen LogP contribution in [0, 0.1) is 5.82 Å². The van der Waals surface area contributed by atoms with E-state index in [0.29, 0.717) is 30.4 Å². The number of aromatic carboxylic acids is 1. The summed E-state index contributed by atoms with van der Waals surface area (Å²) >= 11 is 0. The SMILES string of the molecule is O=C(O)c1cc(C(=O)N2CCCC(c3nc(-c4ccc(F)cc4)no3)C2)ccn1. The van der Waals surface area contributed by atoms with Crippen molar-refractivity contribution in [2.75, 3.05) is 13.1 Å². The topological polar surface area (TPSA) is 109 Å². The van der Waals surface area contributed by atoms with Gasteiger partial charge in [-0.3, -0.25) is 4.79 Å². The Labute approximate surface area is 165 Å². The molecule has 1 atom stereocenters. The molecule has 1 saturated heterocycles. The Morgan fingerprint density at radius 1 is 1.21 bits per heavy atom. The highest BCUT2D eigenvalue weighted by Crippen LogP contribution is 2.28. The first kappa shape index (κ1) is 18.7. The summed E-state index contributed by atoms with van der Waals surface area (Å²) < 4.78 is 18.5. The Bertz CT molecular complexity index is 1050. The molecule has 1 fully saturated rings. The van der Waals surface area contributed by atoms with Crippen LogP contribution in [-0.4, -0.2) is 50.1 Å². The third-order valence-electron chi connectivity index (χ3n) is 4.83. The van der Waals surface area contributed by atoms with Crippen molar-refractivity contribution in [2.45, 2.75) is 18.8 Å². The molecule has 1 aromatic carbocycles. The second-order valence-electron chi connectivity index (χ2n) is 6.79. The zero-order chi connectivity index (χ0) is 20.4. The van der Waals surface area contributed by atoms with Gasteiger partial charge in [-0.25, -0.2) is 14.2 Å².